The molecule has 0 atom stereocenters. The van der Waals surface area contributed by atoms with Gasteiger partial charge in [-0.2, -0.15) is 0 Å². The third-order valence-corrected chi connectivity index (χ3v) is 1.18. The molecule has 1 heterocycles. The number of hydrogen-bond donors (Lipinski definition) is 1. The van der Waals surface area contributed by atoms with E-state index < -0.39 is 5.91 Å². The summed E-state index contributed by atoms with van der Waals surface area (Å²) < 4.78 is 5.02. The number of nitrogens with zero attached hydrogens (tertiary/aromatic N) is 2. The van der Waals surface area contributed by atoms with Crippen LogP contribution in [0.5, 0.6) is 5.88 Å². The molecule has 0 unspecified atom stereocenters. The van der Waals surface area contributed by atoms with Gasteiger partial charge in [-0.05, 0) is 6.92 Å². The first-order valence-corrected chi connectivity index (χ1v) is 3.49. The van der Waals surface area contributed by atoms with Crippen molar-refractivity contribution in [3.63, 3.8) is 0 Å². The molecule has 1 aromatic rings. The lowest BCUT2D eigenvalue weighted by Gasteiger charge is -2.03. The highest BCUT2D eigenvalue weighted by Crippen LogP contribution is 2.09. The second kappa shape index (κ2) is 5.31. The zero-order chi connectivity index (χ0) is 8.97. The van der Waals surface area contributed by atoms with Gasteiger partial charge in [0, 0.05) is 12.4 Å². The summed E-state index contributed by atoms with van der Waals surface area (Å²) in [5.74, 6) is -0.445. The zero-order valence-corrected chi connectivity index (χ0v) is 7.87. The molecule has 1 aromatic heterocycles. The first kappa shape index (κ1) is 11.6. The first-order valence-electron chi connectivity index (χ1n) is 3.49. The largest absolute Gasteiger partial charge is 0.476 e. The lowest BCUT2D eigenvalue weighted by atomic mass is 10.4. The van der Waals surface area contributed by atoms with Crippen molar-refractivity contribution in [1.82, 2.24) is 9.97 Å². The Bertz CT molecular complexity index is 293. The van der Waals surface area contributed by atoms with Gasteiger partial charge in [-0.15, -0.1) is 12.4 Å². The van der Waals surface area contributed by atoms with Crippen molar-refractivity contribution in [2.24, 2.45) is 5.73 Å². The van der Waals surface area contributed by atoms with E-state index in [-0.39, 0.29) is 24.0 Å². The van der Waals surface area contributed by atoms with Gasteiger partial charge >= 0.3 is 0 Å². The molecule has 0 saturated carbocycles. The fraction of sp³-hybridized carbons (Fsp3) is 0.286. The molecule has 6 heteroatoms. The molecule has 1 amide bonds. The Morgan fingerprint density at radius 1 is 1.54 bits per heavy atom. The molecule has 0 radical (unpaired) electrons. The topological polar surface area (TPSA) is 78.1 Å². The lowest BCUT2D eigenvalue weighted by Crippen LogP contribution is -2.15. The average molecular weight is 204 g/mol. The van der Waals surface area contributed by atoms with Crippen molar-refractivity contribution in [2.75, 3.05) is 6.61 Å². The Balaban J connectivity index is 0.00000144. The van der Waals surface area contributed by atoms with Crippen molar-refractivity contribution in [2.45, 2.75) is 6.92 Å². The van der Waals surface area contributed by atoms with E-state index in [4.69, 9.17) is 10.5 Å². The highest BCUT2D eigenvalue weighted by Gasteiger charge is 2.10. The minimum Gasteiger partial charge on any atom is -0.476 e. The monoisotopic (exact) mass is 203 g/mol. The van der Waals surface area contributed by atoms with Crippen molar-refractivity contribution in [3.8, 4) is 5.88 Å². The second-order valence-corrected chi connectivity index (χ2v) is 2.01. The predicted octanol–water partition coefficient (Wildman–Crippen LogP) is 0.396. The summed E-state index contributed by atoms with van der Waals surface area (Å²) >= 11 is 0. The van der Waals surface area contributed by atoms with E-state index in [0.717, 1.165) is 0 Å². The van der Waals surface area contributed by atoms with E-state index in [9.17, 15) is 4.79 Å². The third-order valence-electron chi connectivity index (χ3n) is 1.18. The minimum absolute atomic E-state index is 0. The summed E-state index contributed by atoms with van der Waals surface area (Å²) in [7, 11) is 0. The van der Waals surface area contributed by atoms with Crippen LogP contribution in [0.3, 0.4) is 0 Å². The van der Waals surface area contributed by atoms with Crippen molar-refractivity contribution in [1.29, 1.82) is 0 Å². The van der Waals surface area contributed by atoms with Gasteiger partial charge in [0.1, 0.15) is 0 Å². The fourth-order valence-electron chi connectivity index (χ4n) is 0.737. The van der Waals surface area contributed by atoms with Gasteiger partial charge < -0.3 is 10.5 Å². The van der Waals surface area contributed by atoms with Gasteiger partial charge in [0.05, 0.1) is 6.61 Å². The molecule has 0 aromatic carbocycles. The number of rotatable bonds is 3. The van der Waals surface area contributed by atoms with Gasteiger partial charge in [-0.3, -0.25) is 4.79 Å². The Morgan fingerprint density at radius 3 is 2.69 bits per heavy atom. The minimum atomic E-state index is -0.633. The van der Waals surface area contributed by atoms with E-state index >= 15 is 0 Å². The molecule has 0 aliphatic carbocycles. The van der Waals surface area contributed by atoms with E-state index in [1.54, 1.807) is 6.92 Å². The van der Waals surface area contributed by atoms with Crippen LogP contribution in [0.4, 0.5) is 0 Å². The molecule has 1 rings (SSSR count). The van der Waals surface area contributed by atoms with Crippen molar-refractivity contribution < 1.29 is 9.53 Å². The van der Waals surface area contributed by atoms with E-state index in [1.807, 2.05) is 0 Å². The summed E-state index contributed by atoms with van der Waals surface area (Å²) in [5.41, 5.74) is 5.09. The SMILES string of the molecule is CCOc1nccnc1C(N)=O.Cl. The average Bonchev–Trinajstić information content (AvgIpc) is 2.05. The third kappa shape index (κ3) is 2.87. The molecule has 2 N–H and O–H groups in total. The van der Waals surface area contributed by atoms with Gasteiger partial charge in [-0.25, -0.2) is 9.97 Å². The van der Waals surface area contributed by atoms with Crippen LogP contribution in [-0.4, -0.2) is 22.5 Å². The fourth-order valence-corrected chi connectivity index (χ4v) is 0.737. The Hall–Kier alpha value is -1.36. The van der Waals surface area contributed by atoms with Crippen LogP contribution in [0.15, 0.2) is 12.4 Å². The van der Waals surface area contributed by atoms with Crippen LogP contribution in [0.25, 0.3) is 0 Å². The molecule has 72 valence electrons. The van der Waals surface area contributed by atoms with Crippen LogP contribution >= 0.6 is 12.4 Å². The van der Waals surface area contributed by atoms with Gasteiger partial charge in [0.25, 0.3) is 5.91 Å². The van der Waals surface area contributed by atoms with Gasteiger partial charge in [0.2, 0.25) is 5.88 Å². The summed E-state index contributed by atoms with van der Waals surface area (Å²) in [4.78, 5) is 18.3. The van der Waals surface area contributed by atoms with Gasteiger partial charge in [0.15, 0.2) is 5.69 Å². The summed E-state index contributed by atoms with van der Waals surface area (Å²) in [5, 5.41) is 0. The number of carbonyl (C=O) groups excluding carboxylic acids is 1. The van der Waals surface area contributed by atoms with Crippen molar-refractivity contribution >= 4 is 18.3 Å². The standard InChI is InChI=1S/C7H9N3O2.ClH/c1-2-12-7-5(6(8)11)9-3-4-10-7;/h3-4H,2H2,1H3,(H2,8,11);1H. The summed E-state index contributed by atoms with van der Waals surface area (Å²) in [6.45, 7) is 2.22. The van der Waals surface area contributed by atoms with E-state index in [2.05, 4.69) is 9.97 Å². The van der Waals surface area contributed by atoms with Gasteiger partial charge in [-0.1, -0.05) is 0 Å². The molecule has 5 nitrogen and oxygen atoms in total. The maximum atomic E-state index is 10.7. The second-order valence-electron chi connectivity index (χ2n) is 2.01. The highest BCUT2D eigenvalue weighted by molar-refractivity contribution is 5.92. The smallest absolute Gasteiger partial charge is 0.272 e. The number of nitrogens with two attached hydrogens (primary N) is 1. The molecule has 0 fully saturated rings. The summed E-state index contributed by atoms with van der Waals surface area (Å²) in [6.07, 6.45) is 2.83. The summed E-state index contributed by atoms with van der Waals surface area (Å²) in [6, 6.07) is 0. The quantitative estimate of drug-likeness (QED) is 0.771. The predicted molar refractivity (Wildman–Crippen MR) is 49.0 cm³/mol. The molecule has 0 bridgehead atoms. The molecule has 0 aliphatic rings. The zero-order valence-electron chi connectivity index (χ0n) is 7.06. The number of amides is 1. The number of carbonyl (C=O) groups is 1. The number of hydrogen-bond acceptors (Lipinski definition) is 4. The number of primary amides is 1. The normalized spacial score (nSPS) is 8.69. The Morgan fingerprint density at radius 2 is 2.15 bits per heavy atom. The Labute approximate surface area is 81.7 Å². The van der Waals surface area contributed by atoms with Crippen LogP contribution in [0.2, 0.25) is 0 Å². The maximum Gasteiger partial charge on any atom is 0.272 e. The molecular weight excluding hydrogens is 194 g/mol. The van der Waals surface area contributed by atoms with E-state index in [0.29, 0.717) is 6.61 Å². The van der Waals surface area contributed by atoms with Crippen molar-refractivity contribution in [3.05, 3.63) is 18.1 Å². The number of aromatic nitrogens is 2. The highest BCUT2D eigenvalue weighted by atomic mass is 35.5. The number of halogens is 1. The molecule has 13 heavy (non-hydrogen) atoms. The van der Waals surface area contributed by atoms with Crippen LogP contribution in [0.1, 0.15) is 17.4 Å². The van der Waals surface area contributed by atoms with E-state index in [1.165, 1.54) is 12.4 Å². The Kier molecular flexibility index (Phi) is 4.76. The molecular formula is C7H10ClN3O2. The molecule has 0 saturated heterocycles. The molecule has 0 aliphatic heterocycles. The van der Waals surface area contributed by atoms with Crippen LogP contribution in [0, 0.1) is 0 Å². The van der Waals surface area contributed by atoms with Crippen LogP contribution < -0.4 is 10.5 Å². The van der Waals surface area contributed by atoms with Crippen LogP contribution in [-0.2, 0) is 0 Å². The molecule has 0 spiro atoms. The number of ether oxygens (including phenoxy) is 1. The lowest BCUT2D eigenvalue weighted by molar-refractivity contribution is 0.0990. The first-order chi connectivity index (χ1) is 5.75. The maximum absolute atomic E-state index is 10.7.